The normalized spacial score (nSPS) is 14.1. The van der Waals surface area contributed by atoms with Crippen molar-refractivity contribution in [2.75, 3.05) is 12.8 Å². The Morgan fingerprint density at radius 1 is 1.24 bits per heavy atom. The Labute approximate surface area is 168 Å². The Balaban J connectivity index is 2.35. The number of alkyl halides is 1. The minimum Gasteiger partial charge on any atom is -0.398 e. The Hall–Kier alpha value is -3.09. The molecular weight excluding hydrogens is 374 g/mol. The van der Waals surface area contributed by atoms with Gasteiger partial charge in [0, 0.05) is 23.9 Å². The molecule has 0 spiro atoms. The van der Waals surface area contributed by atoms with E-state index in [0.29, 0.717) is 40.3 Å². The van der Waals surface area contributed by atoms with Crippen LogP contribution in [0.25, 0.3) is 11.1 Å². The standard InChI is InChI=1S/C22H24F2N4O/c1-6-19(26-5)22(24,20-8-7-16(23)11-27-20)17-9-15(10-18(25)12(17)2)21-13(3)28-29-14(21)4/h7-11H,6,25H2,1-5H3. The van der Waals surface area contributed by atoms with Gasteiger partial charge in [-0.15, -0.1) is 0 Å². The number of nitrogens with zero attached hydrogens (tertiary/aromatic N) is 3. The molecule has 0 aliphatic heterocycles. The molecule has 2 N–H and O–H groups in total. The Kier molecular flexibility index (Phi) is 5.50. The second kappa shape index (κ2) is 7.73. The van der Waals surface area contributed by atoms with Crippen LogP contribution in [-0.4, -0.2) is 22.9 Å². The molecule has 0 fully saturated rings. The van der Waals surface area contributed by atoms with Crippen molar-refractivity contribution in [3.05, 3.63) is 64.6 Å². The zero-order valence-corrected chi connectivity index (χ0v) is 17.2. The van der Waals surface area contributed by atoms with Gasteiger partial charge in [0.1, 0.15) is 11.6 Å². The highest BCUT2D eigenvalue weighted by atomic mass is 19.1. The molecule has 1 aromatic carbocycles. The van der Waals surface area contributed by atoms with Gasteiger partial charge >= 0.3 is 0 Å². The van der Waals surface area contributed by atoms with E-state index in [1.54, 1.807) is 26.0 Å². The number of rotatable bonds is 5. The van der Waals surface area contributed by atoms with Gasteiger partial charge < -0.3 is 10.3 Å². The average molecular weight is 398 g/mol. The van der Waals surface area contributed by atoms with Crippen LogP contribution in [0.3, 0.4) is 0 Å². The minimum atomic E-state index is -2.16. The fourth-order valence-electron chi connectivity index (χ4n) is 3.71. The molecule has 1 atom stereocenters. The maximum absolute atomic E-state index is 16.9. The SMILES string of the molecule is CCC(=NC)C(F)(c1ccc(F)cn1)c1cc(-c2c(C)noc2C)cc(N)c1C. The highest BCUT2D eigenvalue weighted by Gasteiger charge is 2.42. The van der Waals surface area contributed by atoms with Gasteiger partial charge in [0.2, 0.25) is 5.67 Å². The molecule has 0 bridgehead atoms. The summed E-state index contributed by atoms with van der Waals surface area (Å²) < 4.78 is 35.6. The number of aliphatic imine (C=N–C) groups is 1. The molecule has 5 nitrogen and oxygen atoms in total. The van der Waals surface area contributed by atoms with Crippen LogP contribution in [0.15, 0.2) is 40.0 Å². The molecule has 3 aromatic rings. The Bertz CT molecular complexity index is 1050. The van der Waals surface area contributed by atoms with Crippen LogP contribution < -0.4 is 5.73 Å². The third-order valence-electron chi connectivity index (χ3n) is 5.22. The maximum Gasteiger partial charge on any atom is 0.215 e. The molecule has 7 heteroatoms. The van der Waals surface area contributed by atoms with Crippen LogP contribution in [0.1, 0.15) is 41.6 Å². The molecule has 3 rings (SSSR count). The van der Waals surface area contributed by atoms with Gasteiger partial charge in [0.05, 0.1) is 23.3 Å². The molecule has 0 aliphatic carbocycles. The van der Waals surface area contributed by atoms with Crippen molar-refractivity contribution in [2.45, 2.75) is 39.8 Å². The zero-order valence-electron chi connectivity index (χ0n) is 17.2. The highest BCUT2D eigenvalue weighted by molar-refractivity contribution is 5.97. The quantitative estimate of drug-likeness (QED) is 0.480. The van der Waals surface area contributed by atoms with E-state index in [1.807, 2.05) is 13.8 Å². The van der Waals surface area contributed by atoms with E-state index in [-0.39, 0.29) is 11.4 Å². The smallest absolute Gasteiger partial charge is 0.215 e. The van der Waals surface area contributed by atoms with Crippen molar-refractivity contribution in [2.24, 2.45) is 4.99 Å². The summed E-state index contributed by atoms with van der Waals surface area (Å²) in [5, 5.41) is 3.98. The van der Waals surface area contributed by atoms with E-state index in [4.69, 9.17) is 10.3 Å². The van der Waals surface area contributed by atoms with Gasteiger partial charge in [-0.3, -0.25) is 9.98 Å². The molecule has 2 heterocycles. The molecular formula is C22H24F2N4O. The van der Waals surface area contributed by atoms with Gasteiger partial charge in [0.25, 0.3) is 0 Å². The summed E-state index contributed by atoms with van der Waals surface area (Å²) in [6, 6.07) is 6.04. The van der Waals surface area contributed by atoms with Crippen LogP contribution in [0.5, 0.6) is 0 Å². The van der Waals surface area contributed by atoms with Crippen molar-refractivity contribution >= 4 is 11.4 Å². The lowest BCUT2D eigenvalue weighted by Crippen LogP contribution is -2.34. The van der Waals surface area contributed by atoms with Crippen molar-refractivity contribution < 1.29 is 13.3 Å². The predicted molar refractivity (Wildman–Crippen MR) is 110 cm³/mol. The number of hydrogen-bond donors (Lipinski definition) is 1. The summed E-state index contributed by atoms with van der Waals surface area (Å²) >= 11 is 0. The first kappa shape index (κ1) is 20.6. The molecule has 2 aromatic heterocycles. The summed E-state index contributed by atoms with van der Waals surface area (Å²) in [4.78, 5) is 8.23. The Morgan fingerprint density at radius 3 is 2.48 bits per heavy atom. The first-order valence-corrected chi connectivity index (χ1v) is 9.34. The zero-order chi connectivity index (χ0) is 21.3. The first-order valence-electron chi connectivity index (χ1n) is 9.34. The van der Waals surface area contributed by atoms with Crippen molar-refractivity contribution in [3.63, 3.8) is 0 Å². The number of anilines is 1. The number of benzene rings is 1. The third kappa shape index (κ3) is 3.41. The lowest BCUT2D eigenvalue weighted by atomic mass is 9.81. The lowest BCUT2D eigenvalue weighted by Gasteiger charge is -2.29. The van der Waals surface area contributed by atoms with Crippen LogP contribution in [0, 0.1) is 26.6 Å². The topological polar surface area (TPSA) is 77.3 Å². The van der Waals surface area contributed by atoms with Gasteiger partial charge in [-0.1, -0.05) is 12.1 Å². The van der Waals surface area contributed by atoms with E-state index in [9.17, 15) is 4.39 Å². The monoisotopic (exact) mass is 398 g/mol. The molecule has 1 unspecified atom stereocenters. The van der Waals surface area contributed by atoms with Gasteiger partial charge in [-0.2, -0.15) is 0 Å². The summed E-state index contributed by atoms with van der Waals surface area (Å²) in [6.07, 6.45) is 1.35. The second-order valence-electron chi connectivity index (χ2n) is 6.98. The van der Waals surface area contributed by atoms with Crippen molar-refractivity contribution in [3.8, 4) is 11.1 Å². The fourth-order valence-corrected chi connectivity index (χ4v) is 3.71. The van der Waals surface area contributed by atoms with Crippen molar-refractivity contribution in [1.82, 2.24) is 10.1 Å². The molecule has 29 heavy (non-hydrogen) atoms. The fraction of sp³-hybridized carbons (Fsp3) is 0.318. The summed E-state index contributed by atoms with van der Waals surface area (Å²) in [5.74, 6) is 0.0734. The highest BCUT2D eigenvalue weighted by Crippen LogP contribution is 2.42. The van der Waals surface area contributed by atoms with Gasteiger partial charge in [-0.05, 0) is 62.6 Å². The summed E-state index contributed by atoms with van der Waals surface area (Å²) in [7, 11) is 1.54. The number of nitrogens with two attached hydrogens (primary N) is 1. The van der Waals surface area contributed by atoms with E-state index in [2.05, 4.69) is 15.1 Å². The number of aromatic nitrogens is 2. The third-order valence-corrected chi connectivity index (χ3v) is 5.22. The maximum atomic E-state index is 16.9. The predicted octanol–water partition coefficient (Wildman–Crippen LogP) is 5.08. The molecule has 0 aliphatic rings. The molecule has 152 valence electrons. The minimum absolute atomic E-state index is 0.0553. The van der Waals surface area contributed by atoms with E-state index in [1.165, 1.54) is 19.2 Å². The first-order chi connectivity index (χ1) is 13.7. The van der Waals surface area contributed by atoms with E-state index in [0.717, 1.165) is 11.8 Å². The van der Waals surface area contributed by atoms with E-state index >= 15 is 4.39 Å². The molecule has 0 saturated heterocycles. The number of pyridine rings is 1. The number of nitrogen functional groups attached to an aromatic ring is 1. The molecule has 0 amide bonds. The largest absolute Gasteiger partial charge is 0.398 e. The second-order valence-corrected chi connectivity index (χ2v) is 6.98. The average Bonchev–Trinajstić information content (AvgIpc) is 3.03. The van der Waals surface area contributed by atoms with E-state index < -0.39 is 11.5 Å². The van der Waals surface area contributed by atoms with Crippen LogP contribution in [0.2, 0.25) is 0 Å². The van der Waals surface area contributed by atoms with Gasteiger partial charge in [-0.25, -0.2) is 8.78 Å². The number of aryl methyl sites for hydroxylation is 2. The van der Waals surface area contributed by atoms with Crippen LogP contribution in [0.4, 0.5) is 14.5 Å². The lowest BCUT2D eigenvalue weighted by molar-refractivity contribution is 0.307. The molecule has 0 radical (unpaired) electrons. The van der Waals surface area contributed by atoms with Crippen LogP contribution >= 0.6 is 0 Å². The summed E-state index contributed by atoms with van der Waals surface area (Å²) in [5.41, 5.74) is 7.88. The van der Waals surface area contributed by atoms with Crippen molar-refractivity contribution in [1.29, 1.82) is 0 Å². The number of hydrogen-bond acceptors (Lipinski definition) is 5. The molecule has 0 saturated carbocycles. The van der Waals surface area contributed by atoms with Gasteiger partial charge in [0.15, 0.2) is 0 Å². The Morgan fingerprint density at radius 2 is 1.97 bits per heavy atom. The van der Waals surface area contributed by atoms with Crippen LogP contribution in [-0.2, 0) is 5.67 Å². The number of halogens is 2. The summed E-state index contributed by atoms with van der Waals surface area (Å²) in [6.45, 7) is 7.18.